The normalized spacial score (nSPS) is 14.9. The molecule has 1 aromatic carbocycles. The Morgan fingerprint density at radius 3 is 3.00 bits per heavy atom. The van der Waals surface area contributed by atoms with E-state index in [0.717, 1.165) is 28.9 Å². The molecule has 0 amide bonds. The first kappa shape index (κ1) is 14.0. The van der Waals surface area contributed by atoms with E-state index < -0.39 is 0 Å². The lowest BCUT2D eigenvalue weighted by Gasteiger charge is -2.28. The molecule has 0 fully saturated rings. The van der Waals surface area contributed by atoms with E-state index >= 15 is 0 Å². The number of aryl methyl sites for hydroxylation is 1. The third kappa shape index (κ3) is 2.77. The Morgan fingerprint density at radius 2 is 2.19 bits per heavy atom. The molecule has 0 radical (unpaired) electrons. The highest BCUT2D eigenvalue weighted by atomic mass is 32.1. The molecule has 2 aromatic rings. The lowest BCUT2D eigenvalue weighted by molar-refractivity contribution is 0.237. The highest BCUT2D eigenvalue weighted by Crippen LogP contribution is 2.24. The molecule has 5 nitrogen and oxygen atoms in total. The maximum atomic E-state index is 11.8. The topological polar surface area (TPSA) is 72.1 Å². The van der Waals surface area contributed by atoms with Crippen LogP contribution in [0.5, 0.6) is 5.75 Å². The molecule has 0 atom stereocenters. The van der Waals surface area contributed by atoms with Gasteiger partial charge in [-0.25, -0.2) is 0 Å². The molecule has 1 aliphatic rings. The Balaban J connectivity index is 1.85. The quantitative estimate of drug-likeness (QED) is 0.742. The highest BCUT2D eigenvalue weighted by molar-refractivity contribution is 7.71. The Morgan fingerprint density at radius 1 is 1.38 bits per heavy atom. The van der Waals surface area contributed by atoms with Crippen LogP contribution in [0.15, 0.2) is 23.0 Å². The Kier molecular flexibility index (Phi) is 3.65. The Labute approximate surface area is 127 Å². The molecule has 2 heterocycles. The van der Waals surface area contributed by atoms with Crippen LogP contribution in [-0.2, 0) is 19.5 Å². The zero-order valence-corrected chi connectivity index (χ0v) is 12.6. The van der Waals surface area contributed by atoms with Gasteiger partial charge in [-0.1, -0.05) is 18.2 Å². The number of aromatic hydroxyl groups is 1. The van der Waals surface area contributed by atoms with Crippen LogP contribution in [-0.4, -0.2) is 26.5 Å². The summed E-state index contributed by atoms with van der Waals surface area (Å²) in [6.07, 6.45) is 0.684. The fourth-order valence-electron chi connectivity index (χ4n) is 2.75. The zero-order valence-electron chi connectivity index (χ0n) is 11.8. The van der Waals surface area contributed by atoms with Crippen molar-refractivity contribution < 1.29 is 5.11 Å². The van der Waals surface area contributed by atoms with E-state index in [1.165, 1.54) is 0 Å². The van der Waals surface area contributed by atoms with Gasteiger partial charge in [0.2, 0.25) is 0 Å². The number of para-hydroxylation sites is 1. The number of hydrogen-bond donors (Lipinski definition) is 3. The van der Waals surface area contributed by atoms with Crippen molar-refractivity contribution in [1.82, 2.24) is 14.9 Å². The van der Waals surface area contributed by atoms with Crippen molar-refractivity contribution in [3.63, 3.8) is 0 Å². The molecule has 0 saturated heterocycles. The fourth-order valence-corrected chi connectivity index (χ4v) is 2.97. The molecule has 1 aliphatic heterocycles. The maximum Gasteiger partial charge on any atom is 0.255 e. The first-order chi connectivity index (χ1) is 10.0. The molecule has 0 spiro atoms. The number of fused-ring (bicyclic) bond motifs is 1. The van der Waals surface area contributed by atoms with E-state index in [0.29, 0.717) is 30.0 Å². The van der Waals surface area contributed by atoms with Gasteiger partial charge < -0.3 is 10.1 Å². The highest BCUT2D eigenvalue weighted by Gasteiger charge is 2.20. The van der Waals surface area contributed by atoms with Gasteiger partial charge in [0, 0.05) is 36.5 Å². The molecular weight excluding hydrogens is 286 g/mol. The minimum absolute atomic E-state index is 0.0909. The van der Waals surface area contributed by atoms with Gasteiger partial charge in [-0.3, -0.25) is 14.7 Å². The number of aromatic nitrogens is 2. The van der Waals surface area contributed by atoms with Crippen LogP contribution in [0.3, 0.4) is 0 Å². The largest absolute Gasteiger partial charge is 0.507 e. The number of phenolic OH excluding ortho intramolecular Hbond substituents is 1. The average molecular weight is 303 g/mol. The van der Waals surface area contributed by atoms with Crippen molar-refractivity contribution in [2.24, 2.45) is 0 Å². The third-order valence-corrected chi connectivity index (χ3v) is 4.11. The van der Waals surface area contributed by atoms with Crippen molar-refractivity contribution in [2.75, 3.05) is 6.54 Å². The zero-order chi connectivity index (χ0) is 15.0. The summed E-state index contributed by atoms with van der Waals surface area (Å²) in [5, 5.41) is 10.1. The van der Waals surface area contributed by atoms with Gasteiger partial charge in [0.25, 0.3) is 5.56 Å². The third-order valence-electron chi connectivity index (χ3n) is 3.90. The van der Waals surface area contributed by atoms with E-state index in [-0.39, 0.29) is 5.56 Å². The monoisotopic (exact) mass is 303 g/mol. The van der Waals surface area contributed by atoms with E-state index in [1.807, 2.05) is 25.1 Å². The van der Waals surface area contributed by atoms with Crippen LogP contribution in [0.25, 0.3) is 0 Å². The molecule has 21 heavy (non-hydrogen) atoms. The summed E-state index contributed by atoms with van der Waals surface area (Å²) in [6.45, 7) is 3.96. The van der Waals surface area contributed by atoms with Crippen LogP contribution >= 0.6 is 12.2 Å². The average Bonchev–Trinajstić information content (AvgIpc) is 2.43. The summed E-state index contributed by atoms with van der Waals surface area (Å²) in [4.78, 5) is 19.7. The molecule has 110 valence electrons. The summed E-state index contributed by atoms with van der Waals surface area (Å²) in [5.74, 6) is 0.349. The van der Waals surface area contributed by atoms with E-state index in [1.54, 1.807) is 0 Å². The van der Waals surface area contributed by atoms with Gasteiger partial charge in [-0.15, -0.1) is 0 Å². The minimum atomic E-state index is -0.0909. The fraction of sp³-hybridized carbons (Fsp3) is 0.333. The van der Waals surface area contributed by atoms with Crippen molar-refractivity contribution >= 4 is 12.2 Å². The van der Waals surface area contributed by atoms with Crippen molar-refractivity contribution in [1.29, 1.82) is 0 Å². The predicted molar refractivity (Wildman–Crippen MR) is 82.9 cm³/mol. The van der Waals surface area contributed by atoms with Crippen LogP contribution in [0, 0.1) is 11.7 Å². The minimum Gasteiger partial charge on any atom is -0.507 e. The second-order valence-corrected chi connectivity index (χ2v) is 5.82. The molecule has 0 saturated carbocycles. The van der Waals surface area contributed by atoms with Crippen LogP contribution in [0.4, 0.5) is 0 Å². The summed E-state index contributed by atoms with van der Waals surface area (Å²) in [6, 6.07) is 5.76. The van der Waals surface area contributed by atoms with Crippen molar-refractivity contribution in [3.05, 3.63) is 55.7 Å². The first-order valence-electron chi connectivity index (χ1n) is 6.89. The molecule has 0 bridgehead atoms. The summed E-state index contributed by atoms with van der Waals surface area (Å²) in [5.41, 5.74) is 3.35. The molecule has 1 aromatic heterocycles. The number of H-pyrrole nitrogens is 2. The van der Waals surface area contributed by atoms with Gasteiger partial charge in [0.1, 0.15) is 5.75 Å². The van der Waals surface area contributed by atoms with Crippen molar-refractivity contribution in [3.8, 4) is 5.75 Å². The van der Waals surface area contributed by atoms with E-state index in [9.17, 15) is 9.90 Å². The molecule has 3 rings (SSSR count). The number of hydrogen-bond acceptors (Lipinski definition) is 4. The smallest absolute Gasteiger partial charge is 0.255 e. The molecule has 0 aliphatic carbocycles. The molecule has 6 heteroatoms. The lowest BCUT2D eigenvalue weighted by Crippen LogP contribution is -2.34. The van der Waals surface area contributed by atoms with Crippen LogP contribution in [0.1, 0.15) is 22.4 Å². The summed E-state index contributed by atoms with van der Waals surface area (Å²) in [7, 11) is 0. The second kappa shape index (κ2) is 5.46. The number of nitrogens with zero attached hydrogens (tertiary/aromatic N) is 1. The second-order valence-electron chi connectivity index (χ2n) is 5.41. The Hall–Kier alpha value is -1.92. The van der Waals surface area contributed by atoms with E-state index in [2.05, 4.69) is 14.9 Å². The number of benzene rings is 1. The SMILES string of the molecule is Cc1cccc(CN2CCc3c([nH]c(=S)[nH]c3=O)C2)c1O. The maximum absolute atomic E-state index is 11.8. The van der Waals surface area contributed by atoms with Gasteiger partial charge in [-0.2, -0.15) is 0 Å². The first-order valence-corrected chi connectivity index (χ1v) is 7.29. The summed E-state index contributed by atoms with van der Waals surface area (Å²) < 4.78 is 0.360. The predicted octanol–water partition coefficient (Wildman–Crippen LogP) is 2.00. The summed E-state index contributed by atoms with van der Waals surface area (Å²) >= 11 is 5.02. The van der Waals surface area contributed by atoms with E-state index in [4.69, 9.17) is 12.2 Å². The number of phenols is 1. The van der Waals surface area contributed by atoms with Gasteiger partial charge in [-0.05, 0) is 31.1 Å². The Bertz CT molecular complexity index is 794. The van der Waals surface area contributed by atoms with Gasteiger partial charge in [0.15, 0.2) is 4.77 Å². The van der Waals surface area contributed by atoms with Crippen LogP contribution < -0.4 is 5.56 Å². The van der Waals surface area contributed by atoms with Gasteiger partial charge in [0.05, 0.1) is 0 Å². The molecule has 0 unspecified atom stereocenters. The number of nitrogens with one attached hydrogen (secondary N) is 2. The molecule has 3 N–H and O–H groups in total. The van der Waals surface area contributed by atoms with Crippen LogP contribution in [0.2, 0.25) is 0 Å². The lowest BCUT2D eigenvalue weighted by atomic mass is 10.0. The number of aromatic amines is 2. The van der Waals surface area contributed by atoms with Crippen molar-refractivity contribution in [2.45, 2.75) is 26.4 Å². The molecular formula is C15H17N3O2S. The van der Waals surface area contributed by atoms with Gasteiger partial charge >= 0.3 is 0 Å². The standard InChI is InChI=1S/C15H17N3O2S/c1-9-3-2-4-10(13(9)19)7-18-6-5-11-12(8-18)16-15(21)17-14(11)20/h2-4,19H,5-8H2,1H3,(H2,16,17,20,21). The number of rotatable bonds is 2.